The first-order valence-electron chi connectivity index (χ1n) is 5.63. The topological polar surface area (TPSA) is 46.2 Å². The first kappa shape index (κ1) is 13.3. The monoisotopic (exact) mass is 253 g/mol. The average molecular weight is 254 g/mol. The summed E-state index contributed by atoms with van der Waals surface area (Å²) in [4.78, 5) is 0. The molecule has 0 atom stereocenters. The smallest absolute Gasteiger partial charge is 0.212 e. The number of hydrogen-bond acceptors (Lipinski definition) is 2. The van der Waals surface area contributed by atoms with Crippen LogP contribution in [0.25, 0.3) is 0 Å². The second-order valence-electron chi connectivity index (χ2n) is 4.25. The van der Waals surface area contributed by atoms with Crippen LogP contribution in [-0.2, 0) is 10.0 Å². The largest absolute Gasteiger partial charge is 0.213 e. The molecule has 0 unspecified atom stereocenters. The zero-order valence-electron chi connectivity index (χ0n) is 9.21. The summed E-state index contributed by atoms with van der Waals surface area (Å²) in [5.74, 6) is 0.987. The molecule has 0 aromatic rings. The quantitative estimate of drug-likeness (QED) is 0.763. The molecule has 3 nitrogen and oxygen atoms in total. The second-order valence-corrected chi connectivity index (χ2v) is 6.50. The molecule has 1 fully saturated rings. The van der Waals surface area contributed by atoms with Crippen LogP contribution in [-0.4, -0.2) is 26.1 Å². The molecule has 0 aliphatic heterocycles. The maximum absolute atomic E-state index is 11.5. The molecule has 1 aliphatic rings. The lowest BCUT2D eigenvalue weighted by Gasteiger charge is -2.28. The average Bonchev–Trinajstić information content (AvgIpc) is 2.18. The van der Waals surface area contributed by atoms with Crippen LogP contribution < -0.4 is 4.72 Å². The lowest BCUT2D eigenvalue weighted by atomic mass is 9.85. The molecule has 1 aliphatic carbocycles. The highest BCUT2D eigenvalue weighted by Crippen LogP contribution is 2.26. The highest BCUT2D eigenvalue weighted by atomic mass is 35.5. The van der Waals surface area contributed by atoms with Gasteiger partial charge in [-0.25, -0.2) is 13.1 Å². The Morgan fingerprint density at radius 3 is 2.33 bits per heavy atom. The molecule has 1 rings (SSSR count). The Balaban J connectivity index is 2.35. The summed E-state index contributed by atoms with van der Waals surface area (Å²) in [5, 5.41) is 0. The van der Waals surface area contributed by atoms with Crippen LogP contribution in [0.2, 0.25) is 0 Å². The van der Waals surface area contributed by atoms with Crippen LogP contribution >= 0.6 is 11.6 Å². The van der Waals surface area contributed by atoms with Gasteiger partial charge < -0.3 is 0 Å². The molecule has 0 aromatic carbocycles. The van der Waals surface area contributed by atoms with E-state index in [1.807, 2.05) is 0 Å². The van der Waals surface area contributed by atoms with E-state index in [2.05, 4.69) is 11.6 Å². The van der Waals surface area contributed by atoms with Gasteiger partial charge in [0.25, 0.3) is 0 Å². The van der Waals surface area contributed by atoms with E-state index < -0.39 is 10.0 Å². The number of halogens is 1. The van der Waals surface area contributed by atoms with E-state index >= 15 is 0 Å². The fourth-order valence-electron chi connectivity index (χ4n) is 2.10. The van der Waals surface area contributed by atoms with E-state index in [-0.39, 0.29) is 17.7 Å². The molecule has 90 valence electrons. The van der Waals surface area contributed by atoms with Crippen molar-refractivity contribution in [1.82, 2.24) is 4.72 Å². The van der Waals surface area contributed by atoms with Gasteiger partial charge in [0.1, 0.15) is 0 Å². The molecular formula is C10H20ClNO2S. The zero-order valence-corrected chi connectivity index (χ0v) is 10.8. The third-order valence-electron chi connectivity index (χ3n) is 3.12. The molecule has 0 radical (unpaired) electrons. The minimum atomic E-state index is -3.14. The zero-order chi connectivity index (χ0) is 11.3. The third-order valence-corrected chi connectivity index (χ3v) is 4.96. The summed E-state index contributed by atoms with van der Waals surface area (Å²) in [6.45, 7) is 2.20. The van der Waals surface area contributed by atoms with Crippen LogP contribution in [0.3, 0.4) is 0 Å². The van der Waals surface area contributed by atoms with Crippen molar-refractivity contribution in [3.8, 4) is 0 Å². The van der Waals surface area contributed by atoms with Gasteiger partial charge >= 0.3 is 0 Å². The van der Waals surface area contributed by atoms with Gasteiger partial charge in [-0.05, 0) is 31.6 Å². The number of hydrogen-bond donors (Lipinski definition) is 1. The van der Waals surface area contributed by atoms with E-state index in [0.717, 1.165) is 31.6 Å². The van der Waals surface area contributed by atoms with Crippen molar-refractivity contribution in [2.45, 2.75) is 45.1 Å². The van der Waals surface area contributed by atoms with E-state index in [9.17, 15) is 8.42 Å². The van der Waals surface area contributed by atoms with Gasteiger partial charge in [0.2, 0.25) is 10.0 Å². The standard InChI is InChI=1S/C10H20ClNO2S/c1-2-9-3-5-10(6-4-9)12-15(13,14)8-7-11/h9-10,12H,2-8H2,1H3. The van der Waals surface area contributed by atoms with Crippen LogP contribution in [0, 0.1) is 5.92 Å². The minimum Gasteiger partial charge on any atom is -0.212 e. The number of alkyl halides is 1. The SMILES string of the molecule is CCC1CCC(NS(=O)(=O)CCCl)CC1. The lowest BCUT2D eigenvalue weighted by molar-refractivity contribution is 0.306. The molecule has 0 bridgehead atoms. The number of sulfonamides is 1. The third kappa shape index (κ3) is 4.70. The van der Waals surface area contributed by atoms with Gasteiger partial charge in [-0.15, -0.1) is 11.6 Å². The molecule has 1 saturated carbocycles. The Kier molecular flexibility index (Phi) is 5.36. The Morgan fingerprint density at radius 2 is 1.87 bits per heavy atom. The van der Waals surface area contributed by atoms with Gasteiger partial charge in [-0.3, -0.25) is 0 Å². The Bertz CT molecular complexity index is 271. The molecule has 0 aromatic heterocycles. The Labute approximate surface area is 97.6 Å². The molecular weight excluding hydrogens is 234 g/mol. The van der Waals surface area contributed by atoms with Crippen molar-refractivity contribution in [1.29, 1.82) is 0 Å². The Morgan fingerprint density at radius 1 is 1.27 bits per heavy atom. The van der Waals surface area contributed by atoms with Crippen molar-refractivity contribution in [2.75, 3.05) is 11.6 Å². The second kappa shape index (κ2) is 6.06. The number of nitrogens with one attached hydrogen (secondary N) is 1. The molecule has 0 amide bonds. The summed E-state index contributed by atoms with van der Waals surface area (Å²) in [7, 11) is -3.14. The van der Waals surface area contributed by atoms with Crippen LogP contribution in [0.4, 0.5) is 0 Å². The molecule has 1 N–H and O–H groups in total. The number of rotatable bonds is 5. The van der Waals surface area contributed by atoms with Crippen LogP contribution in [0.5, 0.6) is 0 Å². The molecule has 0 heterocycles. The van der Waals surface area contributed by atoms with Gasteiger partial charge in [0.05, 0.1) is 5.75 Å². The van der Waals surface area contributed by atoms with E-state index in [1.54, 1.807) is 0 Å². The van der Waals surface area contributed by atoms with Gasteiger partial charge in [-0.1, -0.05) is 13.3 Å². The highest BCUT2D eigenvalue weighted by molar-refractivity contribution is 7.89. The predicted octanol–water partition coefficient (Wildman–Crippen LogP) is 2.11. The first-order chi connectivity index (χ1) is 7.07. The fourth-order valence-corrected chi connectivity index (χ4v) is 3.78. The maximum Gasteiger partial charge on any atom is 0.213 e. The van der Waals surface area contributed by atoms with Crippen LogP contribution in [0.15, 0.2) is 0 Å². The fraction of sp³-hybridized carbons (Fsp3) is 1.00. The van der Waals surface area contributed by atoms with Crippen LogP contribution in [0.1, 0.15) is 39.0 Å². The molecule has 0 saturated heterocycles. The Hall–Kier alpha value is 0.200. The normalized spacial score (nSPS) is 27.9. The van der Waals surface area contributed by atoms with E-state index in [1.165, 1.54) is 6.42 Å². The van der Waals surface area contributed by atoms with E-state index in [0.29, 0.717) is 0 Å². The van der Waals surface area contributed by atoms with Gasteiger partial charge in [-0.2, -0.15) is 0 Å². The van der Waals surface area contributed by atoms with Crippen molar-refractivity contribution >= 4 is 21.6 Å². The lowest BCUT2D eigenvalue weighted by Crippen LogP contribution is -2.39. The van der Waals surface area contributed by atoms with Gasteiger partial charge in [0, 0.05) is 11.9 Å². The predicted molar refractivity (Wildman–Crippen MR) is 63.7 cm³/mol. The maximum atomic E-state index is 11.5. The van der Waals surface area contributed by atoms with Crippen molar-refractivity contribution in [3.63, 3.8) is 0 Å². The first-order valence-corrected chi connectivity index (χ1v) is 7.82. The van der Waals surface area contributed by atoms with Crippen molar-refractivity contribution in [2.24, 2.45) is 5.92 Å². The highest BCUT2D eigenvalue weighted by Gasteiger charge is 2.23. The van der Waals surface area contributed by atoms with E-state index in [4.69, 9.17) is 11.6 Å². The minimum absolute atomic E-state index is 0.0300. The summed E-state index contributed by atoms with van der Waals surface area (Å²) in [6, 6.07) is 0.140. The molecule has 0 spiro atoms. The van der Waals surface area contributed by atoms with Crippen molar-refractivity contribution < 1.29 is 8.42 Å². The summed E-state index contributed by atoms with van der Waals surface area (Å²) in [5.41, 5.74) is 0. The molecule has 5 heteroatoms. The summed E-state index contributed by atoms with van der Waals surface area (Å²) < 4.78 is 25.6. The molecule has 15 heavy (non-hydrogen) atoms. The summed E-state index contributed by atoms with van der Waals surface area (Å²) in [6.07, 6.45) is 5.44. The summed E-state index contributed by atoms with van der Waals surface area (Å²) >= 11 is 5.43. The van der Waals surface area contributed by atoms with Crippen molar-refractivity contribution in [3.05, 3.63) is 0 Å². The van der Waals surface area contributed by atoms with Gasteiger partial charge in [0.15, 0.2) is 0 Å².